The number of benzene rings is 1. The van der Waals surface area contributed by atoms with Crippen LogP contribution in [0.2, 0.25) is 0 Å². The van der Waals surface area contributed by atoms with Gasteiger partial charge < -0.3 is 10.1 Å². The third-order valence-electron chi connectivity index (χ3n) is 4.18. The van der Waals surface area contributed by atoms with E-state index in [1.807, 2.05) is 6.92 Å². The fraction of sp³-hybridized carbons (Fsp3) is 0.500. The van der Waals surface area contributed by atoms with Gasteiger partial charge in [0.2, 0.25) is 0 Å². The Morgan fingerprint density at radius 1 is 1.52 bits per heavy atom. The maximum atomic E-state index is 14.1. The number of nitrogens with zero attached hydrogens (tertiary/aromatic N) is 1. The lowest BCUT2D eigenvalue weighted by atomic mass is 9.98. The second-order valence-corrected chi connectivity index (χ2v) is 5.87. The van der Waals surface area contributed by atoms with E-state index in [9.17, 15) is 9.18 Å². The van der Waals surface area contributed by atoms with Crippen molar-refractivity contribution < 1.29 is 13.9 Å². The van der Waals surface area contributed by atoms with E-state index in [1.165, 1.54) is 19.2 Å². The van der Waals surface area contributed by atoms with Crippen molar-refractivity contribution in [1.82, 2.24) is 10.2 Å². The number of carbonyl (C=O) groups excluding carboxylic acids is 1. The zero-order valence-electron chi connectivity index (χ0n) is 13.8. The third-order valence-corrected chi connectivity index (χ3v) is 4.18. The molecule has 1 aliphatic heterocycles. The summed E-state index contributed by atoms with van der Waals surface area (Å²) in [5.74, 6) is -0.489. The highest BCUT2D eigenvalue weighted by molar-refractivity contribution is 5.94. The number of ether oxygens (including phenoxy) is 1. The van der Waals surface area contributed by atoms with E-state index in [-0.39, 0.29) is 17.2 Å². The molecule has 1 amide bonds. The molecule has 0 bridgehead atoms. The van der Waals surface area contributed by atoms with Gasteiger partial charge in [0.1, 0.15) is 0 Å². The quantitative estimate of drug-likeness (QED) is 0.820. The Bertz CT molecular complexity index is 560. The molecule has 1 fully saturated rings. The molecular weight excluding hydrogens is 295 g/mol. The Kier molecular flexibility index (Phi) is 6.59. The van der Waals surface area contributed by atoms with Gasteiger partial charge in [0.15, 0.2) is 11.6 Å². The summed E-state index contributed by atoms with van der Waals surface area (Å²) >= 11 is 0. The van der Waals surface area contributed by atoms with Crippen molar-refractivity contribution in [3.8, 4) is 5.75 Å². The molecule has 0 radical (unpaired) electrons. The molecule has 1 N–H and O–H groups in total. The van der Waals surface area contributed by atoms with Gasteiger partial charge >= 0.3 is 0 Å². The van der Waals surface area contributed by atoms with Crippen LogP contribution in [0.4, 0.5) is 4.39 Å². The Morgan fingerprint density at radius 3 is 3.09 bits per heavy atom. The number of hydrogen-bond acceptors (Lipinski definition) is 3. The SMILES string of the molecule is C/C=C/CN1CCCC(CNC(=O)c2cccc(OC)c2F)C1. The van der Waals surface area contributed by atoms with E-state index in [0.29, 0.717) is 12.5 Å². The second-order valence-electron chi connectivity index (χ2n) is 5.87. The number of amides is 1. The van der Waals surface area contributed by atoms with Gasteiger partial charge in [-0.1, -0.05) is 18.2 Å². The lowest BCUT2D eigenvalue weighted by molar-refractivity contribution is 0.0930. The second kappa shape index (κ2) is 8.67. The predicted octanol–water partition coefficient (Wildman–Crippen LogP) is 2.85. The van der Waals surface area contributed by atoms with E-state index in [2.05, 4.69) is 22.4 Å². The molecule has 0 saturated carbocycles. The lowest BCUT2D eigenvalue weighted by Gasteiger charge is -2.32. The number of rotatable bonds is 6. The number of halogens is 1. The van der Waals surface area contributed by atoms with Crippen LogP contribution in [0.1, 0.15) is 30.1 Å². The largest absolute Gasteiger partial charge is 0.494 e. The molecule has 1 aliphatic rings. The topological polar surface area (TPSA) is 41.6 Å². The summed E-state index contributed by atoms with van der Waals surface area (Å²) in [5, 5.41) is 2.86. The normalized spacial score (nSPS) is 19.0. The number of piperidine rings is 1. The summed E-state index contributed by atoms with van der Waals surface area (Å²) in [6.07, 6.45) is 6.42. The van der Waals surface area contributed by atoms with E-state index in [0.717, 1.165) is 32.5 Å². The number of allylic oxidation sites excluding steroid dienone is 1. The molecule has 1 atom stereocenters. The number of carbonyl (C=O) groups is 1. The van der Waals surface area contributed by atoms with Gasteiger partial charge in [-0.15, -0.1) is 0 Å². The van der Waals surface area contributed by atoms with Crippen LogP contribution in [0.15, 0.2) is 30.4 Å². The molecule has 0 spiro atoms. The summed E-state index contributed by atoms with van der Waals surface area (Å²) in [6.45, 7) is 5.60. The molecule has 23 heavy (non-hydrogen) atoms. The number of hydrogen-bond donors (Lipinski definition) is 1. The molecule has 0 aromatic heterocycles. The molecule has 2 rings (SSSR count). The molecule has 126 valence electrons. The van der Waals surface area contributed by atoms with Crippen LogP contribution >= 0.6 is 0 Å². The van der Waals surface area contributed by atoms with Gasteiger partial charge in [0.25, 0.3) is 5.91 Å². The Labute approximate surface area is 137 Å². The lowest BCUT2D eigenvalue weighted by Crippen LogP contribution is -2.41. The van der Waals surface area contributed by atoms with Crippen LogP contribution in [-0.4, -0.2) is 44.1 Å². The Balaban J connectivity index is 1.89. The molecule has 4 nitrogen and oxygen atoms in total. The van der Waals surface area contributed by atoms with Gasteiger partial charge in [-0.25, -0.2) is 4.39 Å². The van der Waals surface area contributed by atoms with Crippen molar-refractivity contribution in [2.45, 2.75) is 19.8 Å². The van der Waals surface area contributed by atoms with Gasteiger partial charge in [-0.05, 0) is 44.4 Å². The Morgan fingerprint density at radius 2 is 2.35 bits per heavy atom. The summed E-state index contributed by atoms with van der Waals surface area (Å²) in [7, 11) is 1.39. The first-order chi connectivity index (χ1) is 11.2. The van der Waals surface area contributed by atoms with Gasteiger partial charge in [-0.2, -0.15) is 0 Å². The molecule has 5 heteroatoms. The average Bonchev–Trinajstić information content (AvgIpc) is 2.58. The minimum Gasteiger partial charge on any atom is -0.494 e. The van der Waals surface area contributed by atoms with Crippen LogP contribution in [0.25, 0.3) is 0 Å². The standard InChI is InChI=1S/C18H25FN2O2/c1-3-4-10-21-11-6-7-14(13-21)12-20-18(22)15-8-5-9-16(23-2)17(15)19/h3-5,8-9,14H,6-7,10-13H2,1-2H3,(H,20,22)/b4-3+. The maximum Gasteiger partial charge on any atom is 0.254 e. The summed E-state index contributed by atoms with van der Waals surface area (Å²) in [5.41, 5.74) is 0.0333. The smallest absolute Gasteiger partial charge is 0.254 e. The monoisotopic (exact) mass is 320 g/mol. The van der Waals surface area contributed by atoms with Gasteiger partial charge in [0, 0.05) is 19.6 Å². The maximum absolute atomic E-state index is 14.1. The average molecular weight is 320 g/mol. The molecule has 1 unspecified atom stereocenters. The van der Waals surface area contributed by atoms with Crippen molar-refractivity contribution in [2.75, 3.05) is 33.3 Å². The van der Waals surface area contributed by atoms with Crippen LogP contribution in [0, 0.1) is 11.7 Å². The first-order valence-electron chi connectivity index (χ1n) is 8.10. The zero-order valence-corrected chi connectivity index (χ0v) is 13.8. The van der Waals surface area contributed by atoms with Crippen molar-refractivity contribution in [3.63, 3.8) is 0 Å². The third kappa shape index (κ3) is 4.79. The molecule has 1 aromatic carbocycles. The van der Waals surface area contributed by atoms with Gasteiger partial charge in [-0.3, -0.25) is 9.69 Å². The van der Waals surface area contributed by atoms with E-state index < -0.39 is 5.82 Å². The van der Waals surface area contributed by atoms with Crippen molar-refractivity contribution in [3.05, 3.63) is 41.7 Å². The van der Waals surface area contributed by atoms with Gasteiger partial charge in [0.05, 0.1) is 12.7 Å². The fourth-order valence-corrected chi connectivity index (χ4v) is 2.91. The predicted molar refractivity (Wildman–Crippen MR) is 89.3 cm³/mol. The number of likely N-dealkylation sites (tertiary alicyclic amines) is 1. The van der Waals surface area contributed by atoms with E-state index in [1.54, 1.807) is 6.07 Å². The zero-order chi connectivity index (χ0) is 16.7. The molecule has 1 aromatic rings. The highest BCUT2D eigenvalue weighted by atomic mass is 19.1. The molecule has 0 aliphatic carbocycles. The Hall–Kier alpha value is -1.88. The first-order valence-corrected chi connectivity index (χ1v) is 8.10. The van der Waals surface area contributed by atoms with Crippen LogP contribution in [0.5, 0.6) is 5.75 Å². The fourth-order valence-electron chi connectivity index (χ4n) is 2.91. The molecule has 1 saturated heterocycles. The van der Waals surface area contributed by atoms with Crippen molar-refractivity contribution >= 4 is 5.91 Å². The van der Waals surface area contributed by atoms with Crippen molar-refractivity contribution in [1.29, 1.82) is 0 Å². The minimum absolute atomic E-state index is 0.0333. The molecular formula is C18H25FN2O2. The molecule has 1 heterocycles. The number of nitrogens with one attached hydrogen (secondary N) is 1. The highest BCUT2D eigenvalue weighted by Gasteiger charge is 2.21. The minimum atomic E-state index is -0.606. The van der Waals surface area contributed by atoms with E-state index >= 15 is 0 Å². The van der Waals surface area contributed by atoms with Crippen molar-refractivity contribution in [2.24, 2.45) is 5.92 Å². The summed E-state index contributed by atoms with van der Waals surface area (Å²) in [6, 6.07) is 4.61. The van der Waals surface area contributed by atoms with E-state index in [4.69, 9.17) is 4.74 Å². The highest BCUT2D eigenvalue weighted by Crippen LogP contribution is 2.20. The summed E-state index contributed by atoms with van der Waals surface area (Å²) in [4.78, 5) is 14.6. The van der Waals surface area contributed by atoms with Crippen LogP contribution in [0.3, 0.4) is 0 Å². The summed E-state index contributed by atoms with van der Waals surface area (Å²) < 4.78 is 19.0. The first kappa shape index (κ1) is 17.5. The van der Waals surface area contributed by atoms with Crippen LogP contribution < -0.4 is 10.1 Å². The number of methoxy groups -OCH3 is 1. The van der Waals surface area contributed by atoms with Crippen LogP contribution in [-0.2, 0) is 0 Å².